The van der Waals surface area contributed by atoms with Gasteiger partial charge in [-0.15, -0.1) is 0 Å². The van der Waals surface area contributed by atoms with Gasteiger partial charge < -0.3 is 15.0 Å². The number of rotatable bonds is 4. The Balaban J connectivity index is 1.92. The zero-order valence-electron chi connectivity index (χ0n) is 11.2. The second kappa shape index (κ2) is 5.73. The average molecular weight is 262 g/mol. The average Bonchev–Trinajstić information content (AvgIpc) is 3.21. The third-order valence-corrected chi connectivity index (χ3v) is 3.01. The summed E-state index contributed by atoms with van der Waals surface area (Å²) >= 11 is 0. The second-order valence-corrected chi connectivity index (χ2v) is 4.76. The van der Waals surface area contributed by atoms with Crippen molar-refractivity contribution in [3.8, 4) is 5.75 Å². The lowest BCUT2D eigenvalue weighted by Crippen LogP contribution is -2.41. The lowest BCUT2D eigenvalue weighted by molar-refractivity contribution is -0.145. The van der Waals surface area contributed by atoms with Gasteiger partial charge in [0, 0.05) is 19.6 Å². The highest BCUT2D eigenvalue weighted by atomic mass is 16.5. The topological polar surface area (TPSA) is 58.6 Å². The van der Waals surface area contributed by atoms with Crippen LogP contribution in [0.4, 0.5) is 0 Å². The third-order valence-electron chi connectivity index (χ3n) is 3.01. The van der Waals surface area contributed by atoms with E-state index in [1.165, 1.54) is 4.90 Å². The summed E-state index contributed by atoms with van der Waals surface area (Å²) in [6.45, 7) is 0.383. The van der Waals surface area contributed by atoms with Gasteiger partial charge in [0.05, 0.1) is 7.11 Å². The van der Waals surface area contributed by atoms with Gasteiger partial charge >= 0.3 is 11.8 Å². The lowest BCUT2D eigenvalue weighted by atomic mass is 10.2. The Morgan fingerprint density at radius 3 is 2.79 bits per heavy atom. The van der Waals surface area contributed by atoms with E-state index in [2.05, 4.69) is 5.32 Å². The van der Waals surface area contributed by atoms with Crippen molar-refractivity contribution in [2.45, 2.75) is 25.4 Å². The fraction of sp³-hybridized carbons (Fsp3) is 0.429. The van der Waals surface area contributed by atoms with Gasteiger partial charge in [0.15, 0.2) is 0 Å². The van der Waals surface area contributed by atoms with Crippen molar-refractivity contribution in [2.24, 2.45) is 0 Å². The molecule has 0 spiro atoms. The first-order valence-corrected chi connectivity index (χ1v) is 6.29. The minimum absolute atomic E-state index is 0.196. The molecule has 2 amide bonds. The van der Waals surface area contributed by atoms with Crippen molar-refractivity contribution >= 4 is 11.8 Å². The molecular weight excluding hydrogens is 244 g/mol. The van der Waals surface area contributed by atoms with E-state index >= 15 is 0 Å². The second-order valence-electron chi connectivity index (χ2n) is 4.76. The summed E-state index contributed by atoms with van der Waals surface area (Å²) in [4.78, 5) is 24.9. The predicted octanol–water partition coefficient (Wildman–Crippen LogP) is 0.932. The summed E-state index contributed by atoms with van der Waals surface area (Å²) in [5, 5.41) is 2.69. The Bertz CT molecular complexity index is 483. The first-order chi connectivity index (χ1) is 9.10. The molecule has 1 saturated carbocycles. The van der Waals surface area contributed by atoms with Crippen LogP contribution in [-0.4, -0.2) is 36.9 Å². The van der Waals surface area contributed by atoms with Crippen molar-refractivity contribution in [2.75, 3.05) is 14.2 Å². The van der Waals surface area contributed by atoms with E-state index in [1.807, 2.05) is 24.3 Å². The van der Waals surface area contributed by atoms with E-state index in [1.54, 1.807) is 14.2 Å². The molecule has 1 aliphatic rings. The normalized spacial score (nSPS) is 13.8. The molecule has 0 bridgehead atoms. The van der Waals surface area contributed by atoms with E-state index in [4.69, 9.17) is 4.74 Å². The molecule has 0 saturated heterocycles. The van der Waals surface area contributed by atoms with Crippen molar-refractivity contribution in [1.82, 2.24) is 10.2 Å². The minimum atomic E-state index is -0.520. The zero-order valence-corrected chi connectivity index (χ0v) is 11.2. The van der Waals surface area contributed by atoms with Crippen molar-refractivity contribution in [3.63, 3.8) is 0 Å². The molecule has 1 N–H and O–H groups in total. The number of hydrogen-bond acceptors (Lipinski definition) is 3. The first-order valence-electron chi connectivity index (χ1n) is 6.29. The molecule has 0 atom stereocenters. The Kier molecular flexibility index (Phi) is 4.04. The Morgan fingerprint density at radius 1 is 1.42 bits per heavy atom. The van der Waals surface area contributed by atoms with Gasteiger partial charge in [0.2, 0.25) is 0 Å². The number of amides is 2. The SMILES string of the molecule is COc1cccc(CN(C)C(=O)C(=O)NC2CC2)c1. The Labute approximate surface area is 112 Å². The monoisotopic (exact) mass is 262 g/mol. The van der Waals surface area contributed by atoms with Crippen LogP contribution < -0.4 is 10.1 Å². The van der Waals surface area contributed by atoms with Gasteiger partial charge in [0.25, 0.3) is 0 Å². The van der Waals surface area contributed by atoms with E-state index in [9.17, 15) is 9.59 Å². The maximum absolute atomic E-state index is 11.8. The van der Waals surface area contributed by atoms with E-state index in [0.29, 0.717) is 6.54 Å². The number of carbonyl (C=O) groups is 2. The van der Waals surface area contributed by atoms with E-state index in [0.717, 1.165) is 24.2 Å². The summed E-state index contributed by atoms with van der Waals surface area (Å²) in [6, 6.07) is 7.64. The predicted molar refractivity (Wildman–Crippen MR) is 70.6 cm³/mol. The van der Waals surface area contributed by atoms with Crippen LogP contribution in [0.5, 0.6) is 5.75 Å². The first kappa shape index (κ1) is 13.4. The van der Waals surface area contributed by atoms with Gasteiger partial charge in [-0.2, -0.15) is 0 Å². The molecule has 0 aromatic heterocycles. The quantitative estimate of drug-likeness (QED) is 0.821. The molecule has 19 heavy (non-hydrogen) atoms. The Morgan fingerprint density at radius 2 is 2.16 bits per heavy atom. The van der Waals surface area contributed by atoms with Crippen molar-refractivity contribution in [3.05, 3.63) is 29.8 Å². The number of nitrogens with zero attached hydrogens (tertiary/aromatic N) is 1. The maximum atomic E-state index is 11.8. The molecule has 1 fully saturated rings. The van der Waals surface area contributed by atoms with E-state index in [-0.39, 0.29) is 6.04 Å². The summed E-state index contributed by atoms with van der Waals surface area (Å²) in [5.41, 5.74) is 0.925. The molecule has 102 valence electrons. The number of hydrogen-bond donors (Lipinski definition) is 1. The number of nitrogens with one attached hydrogen (secondary N) is 1. The lowest BCUT2D eigenvalue weighted by Gasteiger charge is -2.17. The van der Waals surface area contributed by atoms with Crippen LogP contribution in [0.25, 0.3) is 0 Å². The molecule has 2 rings (SSSR count). The molecular formula is C14H18N2O3. The standard InChI is InChI=1S/C14H18N2O3/c1-16(14(18)13(17)15-11-6-7-11)9-10-4-3-5-12(8-10)19-2/h3-5,8,11H,6-7,9H2,1-2H3,(H,15,17). The molecule has 0 unspecified atom stereocenters. The number of likely N-dealkylation sites (N-methyl/N-ethyl adjacent to an activating group) is 1. The van der Waals surface area contributed by atoms with Crippen LogP contribution in [0.1, 0.15) is 18.4 Å². The summed E-state index contributed by atoms with van der Waals surface area (Å²) in [6.07, 6.45) is 1.94. The van der Waals surface area contributed by atoms with Crippen LogP contribution in [-0.2, 0) is 16.1 Å². The summed E-state index contributed by atoms with van der Waals surface area (Å²) in [5.74, 6) is -0.289. The highest BCUT2D eigenvalue weighted by Crippen LogP contribution is 2.18. The van der Waals surface area contributed by atoms with Crippen LogP contribution >= 0.6 is 0 Å². The third kappa shape index (κ3) is 3.71. The summed E-state index contributed by atoms with van der Waals surface area (Å²) in [7, 11) is 3.21. The molecule has 5 nitrogen and oxygen atoms in total. The molecule has 0 radical (unpaired) electrons. The number of ether oxygens (including phenoxy) is 1. The highest BCUT2D eigenvalue weighted by molar-refractivity contribution is 6.35. The van der Waals surface area contributed by atoms with Gasteiger partial charge in [-0.25, -0.2) is 0 Å². The molecule has 1 aromatic rings. The van der Waals surface area contributed by atoms with Gasteiger partial charge in [-0.1, -0.05) is 12.1 Å². The van der Waals surface area contributed by atoms with Gasteiger partial charge in [-0.05, 0) is 30.5 Å². The molecule has 1 aliphatic carbocycles. The molecule has 0 aliphatic heterocycles. The fourth-order valence-electron chi connectivity index (χ4n) is 1.76. The van der Waals surface area contributed by atoms with E-state index < -0.39 is 11.8 Å². The fourth-order valence-corrected chi connectivity index (χ4v) is 1.76. The van der Waals surface area contributed by atoms with Crippen molar-refractivity contribution in [1.29, 1.82) is 0 Å². The smallest absolute Gasteiger partial charge is 0.311 e. The number of carbonyl (C=O) groups excluding carboxylic acids is 2. The minimum Gasteiger partial charge on any atom is -0.497 e. The van der Waals surface area contributed by atoms with Crippen molar-refractivity contribution < 1.29 is 14.3 Å². The van der Waals surface area contributed by atoms with Crippen LogP contribution in [0.3, 0.4) is 0 Å². The van der Waals surface area contributed by atoms with Gasteiger partial charge in [0.1, 0.15) is 5.75 Å². The Hall–Kier alpha value is -2.04. The van der Waals surface area contributed by atoms with Crippen LogP contribution in [0, 0.1) is 0 Å². The number of methoxy groups -OCH3 is 1. The maximum Gasteiger partial charge on any atom is 0.311 e. The number of benzene rings is 1. The van der Waals surface area contributed by atoms with Gasteiger partial charge in [-0.3, -0.25) is 9.59 Å². The highest BCUT2D eigenvalue weighted by Gasteiger charge is 2.27. The molecule has 0 heterocycles. The largest absolute Gasteiger partial charge is 0.497 e. The zero-order chi connectivity index (χ0) is 13.8. The molecule has 1 aromatic carbocycles. The summed E-state index contributed by atoms with van der Waals surface area (Å²) < 4.78 is 5.12. The molecule has 5 heteroatoms. The van der Waals surface area contributed by atoms with Crippen LogP contribution in [0.2, 0.25) is 0 Å². The van der Waals surface area contributed by atoms with Crippen LogP contribution in [0.15, 0.2) is 24.3 Å².